The van der Waals surface area contributed by atoms with Crippen LogP contribution in [0.15, 0.2) is 0 Å². The molecule has 1 nitrogen and oxygen atoms in total. The van der Waals surface area contributed by atoms with Crippen LogP contribution in [-0.2, 0) is 0 Å². The van der Waals surface area contributed by atoms with Gasteiger partial charge in [0, 0.05) is 6.61 Å². The highest BCUT2D eigenvalue weighted by atomic mass is 16.2. The highest BCUT2D eigenvalue weighted by molar-refractivity contribution is 4.88. The summed E-state index contributed by atoms with van der Waals surface area (Å²) in [6.45, 7) is 5.21. The fourth-order valence-electron chi connectivity index (χ4n) is 7.23. The second kappa shape index (κ2) is 10.5. The molecular weight excluding hydrogens is 316 g/mol. The van der Waals surface area contributed by atoms with Crippen molar-refractivity contribution in [2.24, 2.45) is 41.4 Å². The Balaban J connectivity index is 1.44. The van der Waals surface area contributed by atoms with Crippen molar-refractivity contribution in [1.29, 1.82) is 0 Å². The topological polar surface area (TPSA) is 20.2 Å². The molecule has 3 fully saturated rings. The second-order valence-corrected chi connectivity index (χ2v) is 10.2. The van der Waals surface area contributed by atoms with Gasteiger partial charge in [0.1, 0.15) is 0 Å². The van der Waals surface area contributed by atoms with Crippen LogP contribution in [0.3, 0.4) is 0 Å². The molecule has 3 rings (SSSR count). The monoisotopic (exact) mass is 362 g/mol. The van der Waals surface area contributed by atoms with E-state index >= 15 is 0 Å². The molecule has 1 N–H and O–H groups in total. The Morgan fingerprint density at radius 1 is 0.654 bits per heavy atom. The van der Waals surface area contributed by atoms with E-state index < -0.39 is 0 Å². The third-order valence-corrected chi connectivity index (χ3v) is 9.00. The first-order valence-electron chi connectivity index (χ1n) is 12.4. The third kappa shape index (κ3) is 5.27. The zero-order valence-corrected chi connectivity index (χ0v) is 17.8. The lowest BCUT2D eigenvalue weighted by atomic mass is 9.61. The molecule has 0 saturated heterocycles. The van der Waals surface area contributed by atoms with Crippen LogP contribution in [0.2, 0.25) is 0 Å². The Bertz CT molecular complexity index is 376. The summed E-state index contributed by atoms with van der Waals surface area (Å²) in [5.41, 5.74) is 0. The molecule has 0 aromatic rings. The lowest BCUT2D eigenvalue weighted by Gasteiger charge is -2.44. The van der Waals surface area contributed by atoms with Crippen molar-refractivity contribution in [1.82, 2.24) is 0 Å². The fraction of sp³-hybridized carbons (Fsp3) is 1.00. The van der Waals surface area contributed by atoms with Crippen molar-refractivity contribution in [2.75, 3.05) is 6.61 Å². The molecule has 3 aliphatic carbocycles. The minimum Gasteiger partial charge on any atom is -0.396 e. The predicted octanol–water partition coefficient (Wildman–Crippen LogP) is 7.22. The number of hydrogen-bond acceptors (Lipinski definition) is 1. The van der Waals surface area contributed by atoms with Gasteiger partial charge in [0.05, 0.1) is 0 Å². The molecule has 1 heteroatoms. The standard InChI is InChI=1S/C25H46O/c1-3-19-7-10-22(11-8-19)23-12-14-24(15-13-23)25-16-9-20(6-5-17-26)18-21(25)4-2/h19-26H,3-18H2,1-2H3. The number of rotatable bonds is 7. The highest BCUT2D eigenvalue weighted by Crippen LogP contribution is 2.48. The molecule has 0 amide bonds. The Labute approximate surface area is 163 Å². The first-order chi connectivity index (χ1) is 12.7. The lowest BCUT2D eigenvalue weighted by Crippen LogP contribution is -2.34. The number of hydrogen-bond donors (Lipinski definition) is 1. The molecule has 3 atom stereocenters. The van der Waals surface area contributed by atoms with Crippen LogP contribution in [0.5, 0.6) is 0 Å². The molecule has 0 aromatic carbocycles. The van der Waals surface area contributed by atoms with Gasteiger partial charge in [-0.2, -0.15) is 0 Å². The average Bonchev–Trinajstić information content (AvgIpc) is 2.72. The van der Waals surface area contributed by atoms with Crippen molar-refractivity contribution >= 4 is 0 Å². The maximum absolute atomic E-state index is 9.14. The minimum atomic E-state index is 0.390. The number of aliphatic hydroxyl groups is 1. The van der Waals surface area contributed by atoms with E-state index in [-0.39, 0.29) is 0 Å². The normalized spacial score (nSPS) is 41.9. The smallest absolute Gasteiger partial charge is 0.0431 e. The molecule has 0 radical (unpaired) electrons. The molecule has 0 bridgehead atoms. The van der Waals surface area contributed by atoms with E-state index in [9.17, 15) is 0 Å². The number of aliphatic hydroxyl groups excluding tert-OH is 1. The van der Waals surface area contributed by atoms with Crippen molar-refractivity contribution < 1.29 is 5.11 Å². The quantitative estimate of drug-likeness (QED) is 0.506. The minimum absolute atomic E-state index is 0.390. The summed E-state index contributed by atoms with van der Waals surface area (Å²) in [6.07, 6.45) is 21.8. The molecule has 0 aliphatic heterocycles. The van der Waals surface area contributed by atoms with Crippen molar-refractivity contribution in [3.8, 4) is 0 Å². The van der Waals surface area contributed by atoms with Crippen LogP contribution in [-0.4, -0.2) is 11.7 Å². The fourth-order valence-corrected chi connectivity index (χ4v) is 7.23. The zero-order valence-electron chi connectivity index (χ0n) is 17.8. The van der Waals surface area contributed by atoms with Gasteiger partial charge in [-0.25, -0.2) is 0 Å². The van der Waals surface area contributed by atoms with Crippen molar-refractivity contribution in [3.63, 3.8) is 0 Å². The van der Waals surface area contributed by atoms with Gasteiger partial charge in [-0.1, -0.05) is 46.0 Å². The van der Waals surface area contributed by atoms with E-state index in [4.69, 9.17) is 5.11 Å². The molecule has 3 aliphatic rings. The molecule has 152 valence electrons. The van der Waals surface area contributed by atoms with E-state index in [2.05, 4.69) is 13.8 Å². The van der Waals surface area contributed by atoms with Gasteiger partial charge < -0.3 is 5.11 Å². The van der Waals surface area contributed by atoms with Gasteiger partial charge in [0.2, 0.25) is 0 Å². The summed E-state index contributed by atoms with van der Waals surface area (Å²) in [7, 11) is 0. The summed E-state index contributed by atoms with van der Waals surface area (Å²) in [5, 5.41) is 9.14. The van der Waals surface area contributed by atoms with E-state index in [0.29, 0.717) is 6.61 Å². The molecule has 0 heterocycles. The summed E-state index contributed by atoms with van der Waals surface area (Å²) in [6, 6.07) is 0. The zero-order chi connectivity index (χ0) is 18.4. The second-order valence-electron chi connectivity index (χ2n) is 10.2. The summed E-state index contributed by atoms with van der Waals surface area (Å²) >= 11 is 0. The van der Waals surface area contributed by atoms with Crippen molar-refractivity contribution in [2.45, 2.75) is 110 Å². The van der Waals surface area contributed by atoms with Gasteiger partial charge in [-0.3, -0.25) is 0 Å². The van der Waals surface area contributed by atoms with E-state index in [1.54, 1.807) is 38.5 Å². The highest BCUT2D eigenvalue weighted by Gasteiger charge is 2.37. The molecular formula is C25H46O. The van der Waals surface area contributed by atoms with Crippen LogP contribution < -0.4 is 0 Å². The van der Waals surface area contributed by atoms with Crippen LogP contribution in [0, 0.1) is 41.4 Å². The summed E-state index contributed by atoms with van der Waals surface area (Å²) in [4.78, 5) is 0. The largest absolute Gasteiger partial charge is 0.396 e. The van der Waals surface area contributed by atoms with Crippen LogP contribution in [0.25, 0.3) is 0 Å². The maximum atomic E-state index is 9.14. The Morgan fingerprint density at radius 2 is 1.23 bits per heavy atom. The Kier molecular flexibility index (Phi) is 8.35. The Hall–Kier alpha value is -0.0400. The van der Waals surface area contributed by atoms with Crippen molar-refractivity contribution in [3.05, 3.63) is 0 Å². The van der Waals surface area contributed by atoms with Crippen LogP contribution in [0.1, 0.15) is 110 Å². The van der Waals surface area contributed by atoms with E-state index in [0.717, 1.165) is 47.8 Å². The Morgan fingerprint density at radius 3 is 1.81 bits per heavy atom. The summed E-state index contributed by atoms with van der Waals surface area (Å²) < 4.78 is 0. The molecule has 0 aromatic heterocycles. The third-order valence-electron chi connectivity index (χ3n) is 9.00. The van der Waals surface area contributed by atoms with E-state index in [1.807, 2.05) is 0 Å². The van der Waals surface area contributed by atoms with E-state index in [1.165, 1.54) is 51.4 Å². The molecule has 3 unspecified atom stereocenters. The van der Waals surface area contributed by atoms with Crippen LogP contribution >= 0.6 is 0 Å². The predicted molar refractivity (Wildman–Crippen MR) is 112 cm³/mol. The first-order valence-corrected chi connectivity index (χ1v) is 12.4. The van der Waals surface area contributed by atoms with Gasteiger partial charge >= 0.3 is 0 Å². The maximum Gasteiger partial charge on any atom is 0.0431 e. The van der Waals surface area contributed by atoms with Gasteiger partial charge in [-0.15, -0.1) is 0 Å². The molecule has 0 spiro atoms. The molecule has 3 saturated carbocycles. The van der Waals surface area contributed by atoms with Crippen LogP contribution in [0.4, 0.5) is 0 Å². The van der Waals surface area contributed by atoms with Gasteiger partial charge in [0.25, 0.3) is 0 Å². The average molecular weight is 363 g/mol. The summed E-state index contributed by atoms with van der Waals surface area (Å²) in [5.74, 6) is 7.17. The first kappa shape index (κ1) is 20.7. The van der Waals surface area contributed by atoms with Gasteiger partial charge in [-0.05, 0) is 106 Å². The van der Waals surface area contributed by atoms with Gasteiger partial charge in [0.15, 0.2) is 0 Å². The SMILES string of the molecule is CCC1CCC(C2CCC(C3CCC(CCCO)CC3CC)CC2)CC1. The molecule has 26 heavy (non-hydrogen) atoms. The lowest BCUT2D eigenvalue weighted by molar-refractivity contribution is 0.0636.